The van der Waals surface area contributed by atoms with E-state index in [0.717, 1.165) is 32.1 Å². The van der Waals surface area contributed by atoms with Crippen molar-refractivity contribution in [3.8, 4) is 0 Å². The second kappa shape index (κ2) is 10.0. The lowest BCUT2D eigenvalue weighted by molar-refractivity contribution is -0.144. The molecule has 1 aliphatic rings. The van der Waals surface area contributed by atoms with Crippen molar-refractivity contribution in [3.05, 3.63) is 0 Å². The quantitative estimate of drug-likeness (QED) is 0.728. The zero-order valence-corrected chi connectivity index (χ0v) is 12.3. The Morgan fingerprint density at radius 1 is 1.53 bits per heavy atom. The minimum absolute atomic E-state index is 0. The van der Waals surface area contributed by atoms with E-state index in [9.17, 15) is 9.59 Å². The molecular formula is C13H25ClN2O3. The van der Waals surface area contributed by atoms with Gasteiger partial charge in [-0.15, -0.1) is 12.4 Å². The van der Waals surface area contributed by atoms with Crippen LogP contribution in [0.5, 0.6) is 0 Å². The van der Waals surface area contributed by atoms with Gasteiger partial charge in [-0.25, -0.2) is 0 Å². The van der Waals surface area contributed by atoms with E-state index in [4.69, 9.17) is 10.5 Å². The number of halogens is 1. The second-order valence-corrected chi connectivity index (χ2v) is 4.80. The molecule has 2 unspecified atom stereocenters. The van der Waals surface area contributed by atoms with Gasteiger partial charge < -0.3 is 15.8 Å². The van der Waals surface area contributed by atoms with Gasteiger partial charge in [-0.3, -0.25) is 9.59 Å². The van der Waals surface area contributed by atoms with Crippen molar-refractivity contribution in [2.75, 3.05) is 6.61 Å². The number of ether oxygens (including phenoxy) is 1. The van der Waals surface area contributed by atoms with E-state index in [-0.39, 0.29) is 30.3 Å². The van der Waals surface area contributed by atoms with Gasteiger partial charge in [0.25, 0.3) is 0 Å². The molecule has 19 heavy (non-hydrogen) atoms. The number of nitrogens with two attached hydrogens (primary N) is 1. The molecule has 0 bridgehead atoms. The molecule has 3 N–H and O–H groups in total. The molecule has 112 valence electrons. The average molecular weight is 293 g/mol. The molecule has 0 aromatic rings. The number of nitrogens with one attached hydrogen (secondary N) is 1. The van der Waals surface area contributed by atoms with Gasteiger partial charge in [-0.05, 0) is 39.0 Å². The summed E-state index contributed by atoms with van der Waals surface area (Å²) in [5.41, 5.74) is 5.72. The second-order valence-electron chi connectivity index (χ2n) is 4.80. The van der Waals surface area contributed by atoms with E-state index >= 15 is 0 Å². The summed E-state index contributed by atoms with van der Waals surface area (Å²) in [5.74, 6) is -0.186. The largest absolute Gasteiger partial charge is 0.465 e. The van der Waals surface area contributed by atoms with Crippen molar-refractivity contribution in [1.82, 2.24) is 5.32 Å². The van der Waals surface area contributed by atoms with Crippen LogP contribution in [0, 0.1) is 0 Å². The maximum absolute atomic E-state index is 11.4. The van der Waals surface area contributed by atoms with Crippen molar-refractivity contribution in [2.45, 2.75) is 64.0 Å². The third-order valence-corrected chi connectivity index (χ3v) is 3.23. The van der Waals surface area contributed by atoms with Gasteiger partial charge in [0.2, 0.25) is 5.91 Å². The van der Waals surface area contributed by atoms with E-state index in [0.29, 0.717) is 19.4 Å². The highest BCUT2D eigenvalue weighted by Gasteiger charge is 2.18. The molecule has 0 radical (unpaired) electrons. The maximum Gasteiger partial charge on any atom is 0.322 e. The molecule has 0 saturated carbocycles. The van der Waals surface area contributed by atoms with Crippen molar-refractivity contribution in [3.63, 3.8) is 0 Å². The maximum atomic E-state index is 11.4. The number of amides is 1. The van der Waals surface area contributed by atoms with Crippen LogP contribution in [0.2, 0.25) is 0 Å². The monoisotopic (exact) mass is 292 g/mol. The van der Waals surface area contributed by atoms with Gasteiger partial charge in [0, 0.05) is 12.5 Å². The first-order valence-corrected chi connectivity index (χ1v) is 6.85. The highest BCUT2D eigenvalue weighted by Crippen LogP contribution is 2.14. The third kappa shape index (κ3) is 7.38. The summed E-state index contributed by atoms with van der Waals surface area (Å²) < 4.78 is 4.85. The highest BCUT2D eigenvalue weighted by atomic mass is 35.5. The predicted octanol–water partition coefficient (Wildman–Crippen LogP) is 1.53. The van der Waals surface area contributed by atoms with Gasteiger partial charge in [-0.1, -0.05) is 6.42 Å². The Balaban J connectivity index is 0.00000324. The molecule has 1 saturated heterocycles. The SMILES string of the molecule is CCOC(=O)C(N)CCCC1CCCCC(=O)N1.Cl. The number of esters is 1. The Kier molecular flexibility index (Phi) is 9.61. The van der Waals surface area contributed by atoms with Crippen molar-refractivity contribution >= 4 is 24.3 Å². The average Bonchev–Trinajstić information content (AvgIpc) is 2.54. The van der Waals surface area contributed by atoms with Crippen LogP contribution in [0.1, 0.15) is 51.9 Å². The fraction of sp³-hybridized carbons (Fsp3) is 0.846. The first kappa shape index (κ1) is 18.2. The van der Waals surface area contributed by atoms with Crippen LogP contribution in [0.25, 0.3) is 0 Å². The minimum Gasteiger partial charge on any atom is -0.465 e. The number of hydrogen-bond acceptors (Lipinski definition) is 4. The molecule has 0 aromatic heterocycles. The van der Waals surface area contributed by atoms with E-state index in [1.54, 1.807) is 6.92 Å². The summed E-state index contributed by atoms with van der Waals surface area (Å²) >= 11 is 0. The first-order valence-electron chi connectivity index (χ1n) is 6.85. The zero-order chi connectivity index (χ0) is 13.4. The van der Waals surface area contributed by atoms with E-state index in [1.165, 1.54) is 0 Å². The van der Waals surface area contributed by atoms with Crippen LogP contribution in [0.15, 0.2) is 0 Å². The first-order chi connectivity index (χ1) is 8.63. The topological polar surface area (TPSA) is 81.4 Å². The van der Waals surface area contributed by atoms with Gasteiger partial charge in [0.15, 0.2) is 0 Å². The molecule has 0 spiro atoms. The Bertz CT molecular complexity index is 287. The molecule has 1 amide bonds. The van der Waals surface area contributed by atoms with Crippen LogP contribution < -0.4 is 11.1 Å². The Morgan fingerprint density at radius 2 is 2.26 bits per heavy atom. The lowest BCUT2D eigenvalue weighted by Crippen LogP contribution is -2.35. The number of rotatable bonds is 6. The van der Waals surface area contributed by atoms with Crippen LogP contribution in [-0.2, 0) is 14.3 Å². The van der Waals surface area contributed by atoms with Crippen molar-refractivity contribution in [1.29, 1.82) is 0 Å². The molecular weight excluding hydrogens is 268 g/mol. The normalized spacial score (nSPS) is 20.7. The van der Waals surface area contributed by atoms with Gasteiger partial charge in [0.05, 0.1) is 6.61 Å². The minimum atomic E-state index is -0.536. The fourth-order valence-electron chi connectivity index (χ4n) is 2.22. The molecule has 6 heteroatoms. The predicted molar refractivity (Wildman–Crippen MR) is 76.1 cm³/mol. The van der Waals surface area contributed by atoms with E-state index in [2.05, 4.69) is 5.32 Å². The molecule has 2 atom stereocenters. The summed E-state index contributed by atoms with van der Waals surface area (Å²) in [6.07, 6.45) is 6.08. The number of carbonyl (C=O) groups excluding carboxylic acids is 2. The molecule has 5 nitrogen and oxygen atoms in total. The summed E-state index contributed by atoms with van der Waals surface area (Å²) in [7, 11) is 0. The van der Waals surface area contributed by atoms with Crippen LogP contribution in [0.4, 0.5) is 0 Å². The molecule has 1 aliphatic heterocycles. The van der Waals surface area contributed by atoms with Gasteiger partial charge in [0.1, 0.15) is 6.04 Å². The van der Waals surface area contributed by atoms with Crippen LogP contribution >= 0.6 is 12.4 Å². The highest BCUT2D eigenvalue weighted by molar-refractivity contribution is 5.85. The van der Waals surface area contributed by atoms with Crippen molar-refractivity contribution in [2.24, 2.45) is 5.73 Å². The van der Waals surface area contributed by atoms with Crippen molar-refractivity contribution < 1.29 is 14.3 Å². The lowest BCUT2D eigenvalue weighted by Gasteiger charge is -2.16. The molecule has 0 aliphatic carbocycles. The van der Waals surface area contributed by atoms with Gasteiger partial charge >= 0.3 is 5.97 Å². The molecule has 0 aromatic carbocycles. The van der Waals surface area contributed by atoms with Crippen LogP contribution in [-0.4, -0.2) is 30.6 Å². The smallest absolute Gasteiger partial charge is 0.322 e. The Hall–Kier alpha value is -0.810. The molecule has 1 heterocycles. The number of hydrogen-bond donors (Lipinski definition) is 2. The van der Waals surface area contributed by atoms with Gasteiger partial charge in [-0.2, -0.15) is 0 Å². The number of carbonyl (C=O) groups is 2. The van der Waals surface area contributed by atoms with E-state index < -0.39 is 6.04 Å². The molecule has 1 fully saturated rings. The summed E-state index contributed by atoms with van der Waals surface area (Å²) in [6.45, 7) is 2.14. The summed E-state index contributed by atoms with van der Waals surface area (Å²) in [4.78, 5) is 22.7. The lowest BCUT2D eigenvalue weighted by atomic mass is 10.0. The molecule has 1 rings (SSSR count). The standard InChI is InChI=1S/C13H24N2O3.ClH/c1-2-18-13(17)11(14)8-5-7-10-6-3-4-9-12(16)15-10;/h10-11H,2-9,14H2,1H3,(H,15,16);1H. The fourth-order valence-corrected chi connectivity index (χ4v) is 2.22. The third-order valence-electron chi connectivity index (χ3n) is 3.23. The summed E-state index contributed by atoms with van der Waals surface area (Å²) in [5, 5.41) is 3.01. The zero-order valence-electron chi connectivity index (χ0n) is 11.5. The Labute approximate surface area is 121 Å². The van der Waals surface area contributed by atoms with Crippen LogP contribution in [0.3, 0.4) is 0 Å². The summed E-state index contributed by atoms with van der Waals surface area (Å²) in [6, 6.07) is -0.291. The van der Waals surface area contributed by atoms with E-state index in [1.807, 2.05) is 0 Å². The Morgan fingerprint density at radius 3 is 2.95 bits per heavy atom.